The maximum Gasteiger partial charge on any atom is 0.296 e. The van der Waals surface area contributed by atoms with Crippen molar-refractivity contribution in [1.29, 1.82) is 0 Å². The highest BCUT2D eigenvalue weighted by atomic mass is 35.5. The van der Waals surface area contributed by atoms with Gasteiger partial charge in [0.25, 0.3) is 11.5 Å². The lowest BCUT2D eigenvalue weighted by Crippen LogP contribution is -2.31. The number of carbonyl (C=O) groups excluding carboxylic acids is 1. The number of hydrogen-bond acceptors (Lipinski definition) is 6. The van der Waals surface area contributed by atoms with Gasteiger partial charge in [-0.25, -0.2) is 4.98 Å². The van der Waals surface area contributed by atoms with Crippen LogP contribution < -0.4 is 15.6 Å². The highest BCUT2D eigenvalue weighted by Crippen LogP contribution is 2.40. The van der Waals surface area contributed by atoms with Gasteiger partial charge in [0.2, 0.25) is 5.75 Å². The van der Waals surface area contributed by atoms with Crippen molar-refractivity contribution in [2.75, 3.05) is 12.4 Å². The molecule has 9 heteroatoms. The first-order valence-electron chi connectivity index (χ1n) is 10.6. The second kappa shape index (κ2) is 9.93. The Morgan fingerprint density at radius 1 is 1.15 bits per heavy atom. The van der Waals surface area contributed by atoms with Crippen molar-refractivity contribution in [3.05, 3.63) is 105 Å². The summed E-state index contributed by atoms with van der Waals surface area (Å²) in [5.41, 5.74) is 1.63. The number of amides is 1. The second-order valence-corrected chi connectivity index (χ2v) is 8.19. The molecule has 1 amide bonds. The van der Waals surface area contributed by atoms with Gasteiger partial charge in [0.15, 0.2) is 5.69 Å². The van der Waals surface area contributed by atoms with Crippen molar-refractivity contribution in [3.63, 3.8) is 0 Å². The second-order valence-electron chi connectivity index (χ2n) is 7.78. The van der Waals surface area contributed by atoms with Crippen LogP contribution in [0.4, 0.5) is 5.69 Å². The van der Waals surface area contributed by atoms with Gasteiger partial charge in [0, 0.05) is 23.9 Å². The van der Waals surface area contributed by atoms with Crippen LogP contribution in [0, 0.1) is 0 Å². The van der Waals surface area contributed by atoms with Crippen LogP contribution >= 0.6 is 11.6 Å². The lowest BCUT2D eigenvalue weighted by molar-refractivity contribution is 0.101. The Bertz CT molecular complexity index is 1350. The minimum absolute atomic E-state index is 0.125. The van der Waals surface area contributed by atoms with Crippen molar-refractivity contribution >= 4 is 23.2 Å². The van der Waals surface area contributed by atoms with Gasteiger partial charge in [-0.1, -0.05) is 72.2 Å². The molecular formula is C25H23ClN4O4. The van der Waals surface area contributed by atoms with Crippen molar-refractivity contribution in [1.82, 2.24) is 14.7 Å². The van der Waals surface area contributed by atoms with Gasteiger partial charge in [-0.15, -0.1) is 0 Å². The van der Waals surface area contributed by atoms with E-state index in [4.69, 9.17) is 20.9 Å². The van der Waals surface area contributed by atoms with Crippen LogP contribution in [0.1, 0.15) is 46.2 Å². The number of benzene rings is 2. The van der Waals surface area contributed by atoms with E-state index in [2.05, 4.69) is 15.5 Å². The molecule has 0 saturated heterocycles. The van der Waals surface area contributed by atoms with Crippen LogP contribution in [0.3, 0.4) is 0 Å². The molecule has 0 radical (unpaired) electrons. The Morgan fingerprint density at radius 3 is 2.50 bits per heavy atom. The fraction of sp³-hybridized carbons (Fsp3) is 0.200. The summed E-state index contributed by atoms with van der Waals surface area (Å²) >= 11 is 6.59. The maximum absolute atomic E-state index is 13.2. The van der Waals surface area contributed by atoms with Crippen LogP contribution in [0.5, 0.6) is 5.75 Å². The topological polar surface area (TPSA) is 99.2 Å². The SMILES string of the molecule is COc1c(C(=O)Nc2cnoc2)nc([C@@H](C)[C@@H](c2ccccc2)c2ccccc2Cl)n(C)c1=O. The Hall–Kier alpha value is -3.91. The molecule has 2 aromatic heterocycles. The Balaban J connectivity index is 1.86. The zero-order chi connectivity index (χ0) is 24.2. The zero-order valence-corrected chi connectivity index (χ0v) is 19.6. The molecule has 0 aliphatic rings. The average Bonchev–Trinajstić information content (AvgIpc) is 3.35. The molecule has 2 atom stereocenters. The molecule has 4 aromatic rings. The molecule has 4 rings (SSSR count). The van der Waals surface area contributed by atoms with Crippen LogP contribution in [0.2, 0.25) is 5.02 Å². The summed E-state index contributed by atoms with van der Waals surface area (Å²) in [6, 6.07) is 17.4. The van der Waals surface area contributed by atoms with Crippen molar-refractivity contribution in [2.24, 2.45) is 7.05 Å². The summed E-state index contributed by atoms with van der Waals surface area (Å²) in [4.78, 5) is 30.8. The number of halogens is 1. The summed E-state index contributed by atoms with van der Waals surface area (Å²) < 4.78 is 11.4. The molecule has 0 fully saturated rings. The van der Waals surface area contributed by atoms with E-state index in [1.54, 1.807) is 7.05 Å². The molecule has 0 aliphatic carbocycles. The van der Waals surface area contributed by atoms with E-state index in [9.17, 15) is 9.59 Å². The predicted octanol–water partition coefficient (Wildman–Crippen LogP) is 4.62. The summed E-state index contributed by atoms with van der Waals surface area (Å²) in [5, 5.41) is 6.79. The molecule has 8 nitrogen and oxygen atoms in total. The molecule has 0 saturated carbocycles. The number of anilines is 1. The third-order valence-electron chi connectivity index (χ3n) is 5.70. The first-order valence-corrected chi connectivity index (χ1v) is 10.9. The van der Waals surface area contributed by atoms with Gasteiger partial charge in [-0.2, -0.15) is 0 Å². The lowest BCUT2D eigenvalue weighted by atomic mass is 9.81. The van der Waals surface area contributed by atoms with Gasteiger partial charge in [-0.3, -0.25) is 14.2 Å². The van der Waals surface area contributed by atoms with E-state index in [1.807, 2.05) is 61.5 Å². The van der Waals surface area contributed by atoms with Gasteiger partial charge < -0.3 is 14.6 Å². The molecule has 0 spiro atoms. The van der Waals surface area contributed by atoms with Gasteiger partial charge in [0.05, 0.1) is 13.3 Å². The molecule has 0 aliphatic heterocycles. The molecule has 0 bridgehead atoms. The van der Waals surface area contributed by atoms with Gasteiger partial charge in [-0.05, 0) is 17.2 Å². The quantitative estimate of drug-likeness (QED) is 0.416. The van der Waals surface area contributed by atoms with E-state index in [0.29, 0.717) is 16.5 Å². The maximum atomic E-state index is 13.2. The number of nitrogens with zero attached hydrogens (tertiary/aromatic N) is 3. The fourth-order valence-electron chi connectivity index (χ4n) is 4.07. The van der Waals surface area contributed by atoms with Crippen LogP contribution in [-0.4, -0.2) is 27.7 Å². The first kappa shape index (κ1) is 23.3. The Morgan fingerprint density at radius 2 is 1.85 bits per heavy atom. The monoisotopic (exact) mass is 478 g/mol. The highest BCUT2D eigenvalue weighted by molar-refractivity contribution is 6.31. The number of methoxy groups -OCH3 is 1. The van der Waals surface area contributed by atoms with Crippen molar-refractivity contribution < 1.29 is 14.1 Å². The third kappa shape index (κ3) is 4.45. The fourth-order valence-corrected chi connectivity index (χ4v) is 4.33. The molecule has 34 heavy (non-hydrogen) atoms. The van der Waals surface area contributed by atoms with E-state index >= 15 is 0 Å². The molecule has 1 N–H and O–H groups in total. The normalized spacial score (nSPS) is 12.7. The third-order valence-corrected chi connectivity index (χ3v) is 6.04. The van der Waals surface area contributed by atoms with E-state index in [-0.39, 0.29) is 23.3 Å². The number of rotatable bonds is 7. The smallest absolute Gasteiger partial charge is 0.296 e. The summed E-state index contributed by atoms with van der Waals surface area (Å²) in [6.07, 6.45) is 2.62. The standard InChI is InChI=1S/C25H23ClN4O4/c1-15(20(16-9-5-4-6-10-16)18-11-7-8-12-19(18)26)23-29-21(22(33-3)25(32)30(23)2)24(31)28-17-13-27-34-14-17/h4-15,20H,1-3H3,(H,28,31)/t15-,20-/m0/s1. The van der Waals surface area contributed by atoms with Crippen molar-refractivity contribution in [3.8, 4) is 5.75 Å². The summed E-state index contributed by atoms with van der Waals surface area (Å²) in [5.74, 6) is -0.903. The molecule has 0 unspecified atom stereocenters. The zero-order valence-electron chi connectivity index (χ0n) is 18.9. The minimum atomic E-state index is -0.611. The number of carbonyl (C=O) groups is 1. The number of nitrogens with one attached hydrogen (secondary N) is 1. The molecule has 174 valence electrons. The Labute approximate surface area is 201 Å². The van der Waals surface area contributed by atoms with Gasteiger partial charge in [0.1, 0.15) is 17.8 Å². The summed E-state index contributed by atoms with van der Waals surface area (Å²) in [7, 11) is 2.94. The number of ether oxygens (including phenoxy) is 1. The van der Waals surface area contributed by atoms with Crippen LogP contribution in [-0.2, 0) is 7.05 Å². The minimum Gasteiger partial charge on any atom is -0.489 e. The molecule has 2 heterocycles. The highest BCUT2D eigenvalue weighted by Gasteiger charge is 2.30. The first-order chi connectivity index (χ1) is 16.4. The average molecular weight is 479 g/mol. The van der Waals surface area contributed by atoms with Crippen LogP contribution in [0.25, 0.3) is 0 Å². The Kier molecular flexibility index (Phi) is 6.79. The van der Waals surface area contributed by atoms with Crippen molar-refractivity contribution in [2.45, 2.75) is 18.8 Å². The lowest BCUT2D eigenvalue weighted by Gasteiger charge is -2.27. The largest absolute Gasteiger partial charge is 0.489 e. The van der Waals surface area contributed by atoms with Crippen LogP contribution in [0.15, 0.2) is 76.4 Å². The number of aromatic nitrogens is 3. The van der Waals surface area contributed by atoms with E-state index < -0.39 is 11.5 Å². The van der Waals surface area contributed by atoms with E-state index in [1.165, 1.54) is 24.1 Å². The van der Waals surface area contributed by atoms with Gasteiger partial charge >= 0.3 is 0 Å². The predicted molar refractivity (Wildman–Crippen MR) is 129 cm³/mol. The number of hydrogen-bond donors (Lipinski definition) is 1. The summed E-state index contributed by atoms with van der Waals surface area (Å²) in [6.45, 7) is 1.96. The molecular weight excluding hydrogens is 456 g/mol. The molecule has 2 aromatic carbocycles. The van der Waals surface area contributed by atoms with E-state index in [0.717, 1.165) is 11.1 Å².